The van der Waals surface area contributed by atoms with Gasteiger partial charge in [0.05, 0.1) is 6.04 Å². The van der Waals surface area contributed by atoms with E-state index < -0.39 is 42.5 Å². The van der Waals surface area contributed by atoms with Crippen molar-refractivity contribution in [1.82, 2.24) is 15.5 Å². The lowest BCUT2D eigenvalue weighted by Crippen LogP contribution is -2.55. The lowest BCUT2D eigenvalue weighted by atomic mass is 10.1. The predicted molar refractivity (Wildman–Crippen MR) is 118 cm³/mol. The number of nitrogens with one attached hydrogen (secondary N) is 2. The molecular weight excluding hydrogens is 426 g/mol. The number of carboxylic acid groups (broad SMARTS) is 1. The van der Waals surface area contributed by atoms with Crippen molar-refractivity contribution in [3.05, 3.63) is 0 Å². The number of carbonyl (C=O) groups excluding carboxylic acids is 3. The highest BCUT2D eigenvalue weighted by molar-refractivity contribution is 7.98. The van der Waals surface area contributed by atoms with Gasteiger partial charge in [0.25, 0.3) is 0 Å². The van der Waals surface area contributed by atoms with Gasteiger partial charge >= 0.3 is 5.97 Å². The Balaban J connectivity index is 2.70. The fourth-order valence-electron chi connectivity index (χ4n) is 3.22. The van der Waals surface area contributed by atoms with Gasteiger partial charge in [0.15, 0.2) is 5.96 Å². The molecule has 13 heteroatoms. The molecule has 1 fully saturated rings. The number of aliphatic carboxylic acids is 1. The van der Waals surface area contributed by atoms with E-state index in [1.165, 1.54) is 16.7 Å². The highest BCUT2D eigenvalue weighted by atomic mass is 32.2. The van der Waals surface area contributed by atoms with Crippen molar-refractivity contribution >= 4 is 41.4 Å². The van der Waals surface area contributed by atoms with Crippen molar-refractivity contribution in [2.45, 2.75) is 50.2 Å². The van der Waals surface area contributed by atoms with E-state index >= 15 is 0 Å². The zero-order chi connectivity index (χ0) is 23.4. The molecule has 1 aliphatic rings. The summed E-state index contributed by atoms with van der Waals surface area (Å²) in [6.07, 6.45) is 4.20. The average Bonchev–Trinajstić information content (AvgIpc) is 3.21. The highest BCUT2D eigenvalue weighted by Gasteiger charge is 2.37. The van der Waals surface area contributed by atoms with Gasteiger partial charge in [-0.15, -0.1) is 0 Å². The topological polar surface area (TPSA) is 206 Å². The smallest absolute Gasteiger partial charge is 0.322 e. The number of amides is 3. The summed E-state index contributed by atoms with van der Waals surface area (Å²) >= 11 is 1.50. The van der Waals surface area contributed by atoms with Crippen molar-refractivity contribution in [2.75, 3.05) is 31.6 Å². The molecule has 0 saturated carbocycles. The van der Waals surface area contributed by atoms with E-state index in [-0.39, 0.29) is 11.9 Å². The zero-order valence-electron chi connectivity index (χ0n) is 17.7. The molecule has 1 heterocycles. The first-order chi connectivity index (χ1) is 14.7. The molecule has 0 aromatic carbocycles. The Morgan fingerprint density at radius 1 is 1.26 bits per heavy atom. The van der Waals surface area contributed by atoms with Crippen LogP contribution in [-0.4, -0.2) is 89.4 Å². The molecule has 0 radical (unpaired) electrons. The molecule has 3 unspecified atom stereocenters. The number of guanidine groups is 1. The molecule has 3 amide bonds. The van der Waals surface area contributed by atoms with Crippen LogP contribution in [0.2, 0.25) is 0 Å². The molecule has 0 spiro atoms. The van der Waals surface area contributed by atoms with E-state index in [1.807, 2.05) is 6.26 Å². The van der Waals surface area contributed by atoms with Crippen LogP contribution in [0.3, 0.4) is 0 Å². The van der Waals surface area contributed by atoms with Crippen molar-refractivity contribution < 1.29 is 24.3 Å². The second-order valence-electron chi connectivity index (χ2n) is 7.20. The summed E-state index contributed by atoms with van der Waals surface area (Å²) in [7, 11) is 0. The Labute approximate surface area is 185 Å². The van der Waals surface area contributed by atoms with E-state index in [9.17, 15) is 19.2 Å². The van der Waals surface area contributed by atoms with Crippen molar-refractivity contribution in [2.24, 2.45) is 22.2 Å². The van der Waals surface area contributed by atoms with Crippen LogP contribution in [0.25, 0.3) is 0 Å². The molecule has 1 aliphatic heterocycles. The van der Waals surface area contributed by atoms with Gasteiger partial charge in [-0.2, -0.15) is 11.8 Å². The van der Waals surface area contributed by atoms with Gasteiger partial charge in [-0.05, 0) is 44.1 Å². The van der Waals surface area contributed by atoms with Crippen LogP contribution < -0.4 is 27.8 Å². The third-order valence-electron chi connectivity index (χ3n) is 4.78. The summed E-state index contributed by atoms with van der Waals surface area (Å²) in [5.74, 6) is -1.96. The first-order valence-corrected chi connectivity index (χ1v) is 11.5. The molecule has 0 aliphatic carbocycles. The normalized spacial score (nSPS) is 17.5. The molecular formula is C18H33N7O5S. The van der Waals surface area contributed by atoms with E-state index in [0.29, 0.717) is 50.9 Å². The molecule has 0 aromatic rings. The van der Waals surface area contributed by atoms with Crippen LogP contribution in [0.1, 0.15) is 32.1 Å². The monoisotopic (exact) mass is 459 g/mol. The Morgan fingerprint density at radius 2 is 1.97 bits per heavy atom. The van der Waals surface area contributed by atoms with Gasteiger partial charge in [0.1, 0.15) is 18.6 Å². The molecule has 3 atom stereocenters. The zero-order valence-corrected chi connectivity index (χ0v) is 18.5. The van der Waals surface area contributed by atoms with Crippen LogP contribution in [-0.2, 0) is 19.2 Å². The first kappa shape index (κ1) is 26.5. The van der Waals surface area contributed by atoms with Crippen LogP contribution in [0.5, 0.6) is 0 Å². The maximum atomic E-state index is 12.8. The van der Waals surface area contributed by atoms with E-state index in [1.54, 1.807) is 0 Å². The second kappa shape index (κ2) is 13.7. The summed E-state index contributed by atoms with van der Waals surface area (Å²) in [4.78, 5) is 53.9. The Morgan fingerprint density at radius 3 is 2.58 bits per heavy atom. The Hall–Kier alpha value is -2.54. The molecule has 176 valence electrons. The number of likely N-dealkylation sites (tertiary alicyclic amines) is 1. The van der Waals surface area contributed by atoms with Crippen LogP contribution in [0.15, 0.2) is 4.99 Å². The quantitative estimate of drug-likeness (QED) is 0.100. The Kier molecular flexibility index (Phi) is 11.7. The molecule has 9 N–H and O–H groups in total. The number of hydrogen-bond acceptors (Lipinski definition) is 7. The molecule has 31 heavy (non-hydrogen) atoms. The first-order valence-electron chi connectivity index (χ1n) is 10.1. The van der Waals surface area contributed by atoms with E-state index in [2.05, 4.69) is 15.6 Å². The Bertz CT molecular complexity index is 672. The van der Waals surface area contributed by atoms with E-state index in [0.717, 1.165) is 0 Å². The fraction of sp³-hybridized carbons (Fsp3) is 0.722. The lowest BCUT2D eigenvalue weighted by molar-refractivity contribution is -0.141. The van der Waals surface area contributed by atoms with Gasteiger partial charge in [-0.3, -0.25) is 24.2 Å². The highest BCUT2D eigenvalue weighted by Crippen LogP contribution is 2.19. The number of nitrogens with two attached hydrogens (primary N) is 3. The number of rotatable bonds is 13. The molecule has 12 nitrogen and oxygen atoms in total. The minimum absolute atomic E-state index is 0.0282. The van der Waals surface area contributed by atoms with Crippen molar-refractivity contribution in [3.63, 3.8) is 0 Å². The fourth-order valence-corrected chi connectivity index (χ4v) is 3.69. The molecule has 0 aromatic heterocycles. The van der Waals surface area contributed by atoms with E-state index in [4.69, 9.17) is 22.3 Å². The van der Waals surface area contributed by atoms with Crippen LogP contribution in [0.4, 0.5) is 0 Å². The average molecular weight is 460 g/mol. The maximum absolute atomic E-state index is 12.8. The number of carboxylic acids is 1. The summed E-state index contributed by atoms with van der Waals surface area (Å²) in [6, 6.07) is -2.39. The molecule has 1 saturated heterocycles. The van der Waals surface area contributed by atoms with Gasteiger partial charge in [0, 0.05) is 13.1 Å². The van der Waals surface area contributed by atoms with Crippen molar-refractivity contribution in [3.8, 4) is 0 Å². The SMILES string of the molecule is CSCCC(NC(=O)C1CCCN1C(=O)C(N)CCCN=C(N)N)C(=O)NCC(=O)O. The van der Waals surface area contributed by atoms with Crippen molar-refractivity contribution in [1.29, 1.82) is 0 Å². The van der Waals surface area contributed by atoms with Crippen LogP contribution >= 0.6 is 11.8 Å². The van der Waals surface area contributed by atoms with Gasteiger partial charge in [-0.1, -0.05) is 0 Å². The number of nitrogens with zero attached hydrogens (tertiary/aromatic N) is 2. The maximum Gasteiger partial charge on any atom is 0.322 e. The van der Waals surface area contributed by atoms with Gasteiger partial charge in [-0.25, -0.2) is 0 Å². The van der Waals surface area contributed by atoms with Crippen LogP contribution in [0, 0.1) is 0 Å². The number of hydrogen-bond donors (Lipinski definition) is 6. The second-order valence-corrected chi connectivity index (χ2v) is 8.18. The standard InChI is InChI=1S/C18H33N7O5S/c1-31-9-6-12(15(28)23-10-14(26)27)24-16(29)13-5-3-8-25(13)17(30)11(19)4-2-7-22-18(20)21/h11-13H,2-10,19H2,1H3,(H,23,28)(H,24,29)(H,26,27)(H4,20,21,22). The minimum atomic E-state index is -1.18. The predicted octanol–water partition coefficient (Wildman–Crippen LogP) is -2.20. The summed E-state index contributed by atoms with van der Waals surface area (Å²) < 4.78 is 0. The third-order valence-corrected chi connectivity index (χ3v) is 5.42. The minimum Gasteiger partial charge on any atom is -0.480 e. The molecule has 1 rings (SSSR count). The lowest BCUT2D eigenvalue weighted by Gasteiger charge is -2.28. The van der Waals surface area contributed by atoms with Gasteiger partial charge < -0.3 is 37.8 Å². The largest absolute Gasteiger partial charge is 0.480 e. The summed E-state index contributed by atoms with van der Waals surface area (Å²) in [6.45, 7) is 0.224. The van der Waals surface area contributed by atoms with Gasteiger partial charge in [0.2, 0.25) is 17.7 Å². The number of thioether (sulfide) groups is 1. The number of aliphatic imine (C=N–C) groups is 1. The third kappa shape index (κ3) is 9.42. The number of carbonyl (C=O) groups is 4. The summed E-state index contributed by atoms with van der Waals surface area (Å²) in [5.41, 5.74) is 16.5. The molecule has 0 bridgehead atoms. The summed E-state index contributed by atoms with van der Waals surface area (Å²) in [5, 5.41) is 13.7.